The first-order valence-corrected chi connectivity index (χ1v) is 18.8. The maximum atomic E-state index is 11.1. The van der Waals surface area contributed by atoms with Crippen molar-refractivity contribution < 1.29 is 38.2 Å². The highest BCUT2D eigenvalue weighted by atomic mass is 127. The number of aromatic nitrogens is 5. The Morgan fingerprint density at radius 2 is 1.07 bits per heavy atom. The highest BCUT2D eigenvalue weighted by molar-refractivity contribution is 6.31. The molecule has 5 aromatic carbocycles. The molecule has 0 spiro atoms. The SMILES string of the molecule is C[n+]1c(N)c(N)cc2ccccc21.Nc1cc2ccccc2nc1N.O=[N+]([O-])c1cc2ccccc2nc1Cl.[I-].[O-][n+]1cccc2ccccc21.c1ccc2ncccc2c1. The Morgan fingerprint density at radius 3 is 1.70 bits per heavy atom. The second-order valence-electron chi connectivity index (χ2n) is 13.1. The van der Waals surface area contributed by atoms with E-state index in [2.05, 4.69) is 27.1 Å². The molecule has 5 aromatic heterocycles. The summed E-state index contributed by atoms with van der Waals surface area (Å²) in [6, 6.07) is 51.2. The van der Waals surface area contributed by atoms with Gasteiger partial charge in [0.25, 0.3) is 5.82 Å². The number of fused-ring (bicyclic) bond motifs is 5. The number of halogens is 2. The van der Waals surface area contributed by atoms with Crippen molar-refractivity contribution in [2.75, 3.05) is 22.9 Å². The van der Waals surface area contributed by atoms with Gasteiger partial charge < -0.3 is 46.4 Å². The quantitative estimate of drug-likeness (QED) is 0.0391. The first kappa shape index (κ1) is 44.7. The van der Waals surface area contributed by atoms with Gasteiger partial charge in [-0.25, -0.2) is 14.5 Å². The second-order valence-corrected chi connectivity index (χ2v) is 13.5. The molecular weight excluding hydrogens is 903 g/mol. The van der Waals surface area contributed by atoms with Crippen LogP contribution in [0.5, 0.6) is 0 Å². The predicted molar refractivity (Wildman–Crippen MR) is 243 cm³/mol. The summed E-state index contributed by atoms with van der Waals surface area (Å²) in [4.78, 5) is 22.2. The van der Waals surface area contributed by atoms with Crippen LogP contribution in [0.25, 0.3) is 54.5 Å². The van der Waals surface area contributed by atoms with Crippen molar-refractivity contribution in [2.24, 2.45) is 7.05 Å². The number of nitrogens with two attached hydrogens (primary N) is 4. The van der Waals surface area contributed by atoms with Crippen LogP contribution in [-0.2, 0) is 7.05 Å². The Bertz CT molecular complexity index is 2990. The van der Waals surface area contributed by atoms with Crippen LogP contribution in [0, 0.1) is 15.3 Å². The van der Waals surface area contributed by atoms with Crippen molar-refractivity contribution in [2.45, 2.75) is 0 Å². The second kappa shape index (κ2) is 21.0. The summed E-state index contributed by atoms with van der Waals surface area (Å²) < 4.78 is 2.76. The Labute approximate surface area is 372 Å². The van der Waals surface area contributed by atoms with Gasteiger partial charge in [-0.1, -0.05) is 103 Å². The number of aryl methyl sites for hydroxylation is 1. The predicted octanol–water partition coefficient (Wildman–Crippen LogP) is 5.74. The van der Waals surface area contributed by atoms with E-state index < -0.39 is 4.92 Å². The van der Waals surface area contributed by atoms with Gasteiger partial charge in [0.1, 0.15) is 17.0 Å². The molecule has 10 aromatic rings. The zero-order valence-electron chi connectivity index (χ0n) is 32.7. The van der Waals surface area contributed by atoms with Crippen molar-refractivity contribution in [3.8, 4) is 0 Å². The standard InChI is InChI=1S/C10H11N3.C9H5ClN2O2.C9H9N3.C9H7NO.C9H7N.HI/c1-13-9-5-3-2-4-7(9)6-8(11)10(13)12;10-9-8(12(13)14)5-6-3-1-2-4-7(6)11-9;10-7-5-6-3-1-2-4-8(6)12-9(7)11;11-10-7-3-5-8-4-1-2-6-9(8)10;1-2-6-9-8(4-1)5-3-7-10-9;/h2-6,12H,11H2,1H3;1-5H;1-5H,10H2,(H2,11,12);1-7H;1-7H;1H. The minimum Gasteiger partial charge on any atom is -1.00 e. The minimum atomic E-state index is -0.540. The lowest BCUT2D eigenvalue weighted by molar-refractivity contribution is -0.629. The number of benzene rings is 5. The number of nitrogens with zero attached hydrogens (tertiary/aromatic N) is 6. The summed E-state index contributed by atoms with van der Waals surface area (Å²) in [5.41, 5.74) is 28.1. The Kier molecular flexibility index (Phi) is 15.4. The summed E-state index contributed by atoms with van der Waals surface area (Å²) in [5.74, 6) is 1.01. The molecule has 13 nitrogen and oxygen atoms in total. The third-order valence-corrected chi connectivity index (χ3v) is 9.37. The van der Waals surface area contributed by atoms with Gasteiger partial charge in [-0.05, 0) is 54.6 Å². The van der Waals surface area contributed by atoms with Crippen LogP contribution in [0.4, 0.5) is 28.7 Å². The molecule has 0 unspecified atom stereocenters. The van der Waals surface area contributed by atoms with Gasteiger partial charge in [0, 0.05) is 51.3 Å². The Morgan fingerprint density at radius 1 is 0.574 bits per heavy atom. The lowest BCUT2D eigenvalue weighted by Crippen LogP contribution is -3.00. The first-order chi connectivity index (χ1) is 29.0. The number of rotatable bonds is 1. The third-order valence-electron chi connectivity index (χ3n) is 9.09. The van der Waals surface area contributed by atoms with E-state index in [-0.39, 0.29) is 34.8 Å². The van der Waals surface area contributed by atoms with Crippen LogP contribution in [0.15, 0.2) is 176 Å². The van der Waals surface area contributed by atoms with Crippen LogP contribution < -0.4 is 56.2 Å². The summed E-state index contributed by atoms with van der Waals surface area (Å²) in [6.07, 6.45) is 3.31. The number of nitro groups is 1. The van der Waals surface area contributed by atoms with Crippen molar-refractivity contribution in [1.29, 1.82) is 0 Å². The van der Waals surface area contributed by atoms with Crippen LogP contribution >= 0.6 is 11.6 Å². The molecule has 5 heterocycles. The molecule has 0 amide bonds. The van der Waals surface area contributed by atoms with E-state index in [0.29, 0.717) is 33.9 Å². The van der Waals surface area contributed by atoms with Crippen molar-refractivity contribution in [1.82, 2.24) is 15.0 Å². The number of pyridine rings is 5. The molecule has 0 saturated heterocycles. The van der Waals surface area contributed by atoms with Gasteiger partial charge in [-0.2, -0.15) is 4.73 Å². The Balaban J connectivity index is 0.000000144. The molecule has 61 heavy (non-hydrogen) atoms. The van der Waals surface area contributed by atoms with Gasteiger partial charge in [-0.3, -0.25) is 20.8 Å². The molecular formula is C46H40ClIN10O3. The van der Waals surface area contributed by atoms with E-state index in [1.807, 2.05) is 133 Å². The highest BCUT2D eigenvalue weighted by Gasteiger charge is 2.14. The molecule has 0 saturated carbocycles. The van der Waals surface area contributed by atoms with E-state index in [0.717, 1.165) is 43.0 Å². The summed E-state index contributed by atoms with van der Waals surface area (Å²) in [5, 5.41) is 26.6. The molecule has 306 valence electrons. The van der Waals surface area contributed by atoms with Crippen molar-refractivity contribution >= 4 is 94.8 Å². The number of hydrogen-bond donors (Lipinski definition) is 4. The summed E-state index contributed by atoms with van der Waals surface area (Å²) in [7, 11) is 1.91. The van der Waals surface area contributed by atoms with E-state index in [4.69, 9.17) is 34.5 Å². The largest absolute Gasteiger partial charge is 1.00 e. The first-order valence-electron chi connectivity index (χ1n) is 18.4. The monoisotopic (exact) mass is 942 g/mol. The van der Waals surface area contributed by atoms with E-state index in [9.17, 15) is 15.3 Å². The lowest BCUT2D eigenvalue weighted by atomic mass is 10.2. The van der Waals surface area contributed by atoms with Crippen molar-refractivity contribution in [3.05, 3.63) is 197 Å². The molecule has 0 aliphatic carbocycles. The molecule has 0 radical (unpaired) electrons. The Hall–Kier alpha value is -7.43. The third kappa shape index (κ3) is 11.4. The topological polar surface area (TPSA) is 217 Å². The fourth-order valence-corrected chi connectivity index (χ4v) is 6.20. The van der Waals surface area contributed by atoms with Crippen LogP contribution in [-0.4, -0.2) is 19.9 Å². The van der Waals surface area contributed by atoms with E-state index >= 15 is 0 Å². The fourth-order valence-electron chi connectivity index (χ4n) is 5.99. The fraction of sp³-hybridized carbons (Fsp3) is 0.0217. The van der Waals surface area contributed by atoms with Crippen LogP contribution in [0.3, 0.4) is 0 Å². The zero-order valence-corrected chi connectivity index (χ0v) is 35.6. The number of anilines is 4. The number of para-hydroxylation sites is 5. The molecule has 10 rings (SSSR count). The maximum Gasteiger partial charge on any atom is 0.307 e. The molecule has 8 N–H and O–H groups in total. The van der Waals surface area contributed by atoms with Gasteiger partial charge in [0.2, 0.25) is 10.7 Å². The molecule has 0 aliphatic heterocycles. The normalized spacial score (nSPS) is 10.1. The summed E-state index contributed by atoms with van der Waals surface area (Å²) in [6.45, 7) is 0. The smallest absolute Gasteiger partial charge is 0.307 e. The molecule has 0 atom stereocenters. The van der Waals surface area contributed by atoms with Gasteiger partial charge in [-0.15, -0.1) is 0 Å². The molecule has 0 aliphatic rings. The van der Waals surface area contributed by atoms with Crippen LogP contribution in [0.1, 0.15) is 0 Å². The molecule has 15 heteroatoms. The van der Waals surface area contributed by atoms with Crippen LogP contribution in [0.2, 0.25) is 5.15 Å². The average molecular weight is 943 g/mol. The number of hydrogen-bond acceptors (Lipinski definition) is 10. The van der Waals surface area contributed by atoms with Gasteiger partial charge >= 0.3 is 5.69 Å². The van der Waals surface area contributed by atoms with Gasteiger partial charge in [0.05, 0.1) is 34.2 Å². The van der Waals surface area contributed by atoms with E-state index in [1.165, 1.54) is 17.6 Å². The van der Waals surface area contributed by atoms with Crippen molar-refractivity contribution in [3.63, 3.8) is 0 Å². The molecule has 0 fully saturated rings. The maximum absolute atomic E-state index is 11.1. The van der Waals surface area contributed by atoms with E-state index in [1.54, 1.807) is 30.3 Å². The molecule has 0 bridgehead atoms. The zero-order chi connectivity index (χ0) is 42.6. The lowest BCUT2D eigenvalue weighted by Gasteiger charge is -2.03. The average Bonchev–Trinajstić information content (AvgIpc) is 3.27. The summed E-state index contributed by atoms with van der Waals surface area (Å²) >= 11 is 5.65. The highest BCUT2D eigenvalue weighted by Crippen LogP contribution is 2.26. The number of nitrogen functional groups attached to an aromatic ring is 4. The van der Waals surface area contributed by atoms with Gasteiger partial charge in [0.15, 0.2) is 6.20 Å². The minimum absolute atomic E-state index is 0.